The summed E-state index contributed by atoms with van der Waals surface area (Å²) < 4.78 is 1.33. The third-order valence-electron chi connectivity index (χ3n) is 3.09. The predicted octanol–water partition coefficient (Wildman–Crippen LogP) is 3.10. The molecule has 0 unspecified atom stereocenters. The molecule has 0 spiro atoms. The molecule has 0 radical (unpaired) electrons. The van der Waals surface area contributed by atoms with Crippen molar-refractivity contribution in [3.63, 3.8) is 0 Å². The fourth-order valence-electron chi connectivity index (χ4n) is 2.01. The van der Waals surface area contributed by atoms with Crippen LogP contribution in [0.15, 0.2) is 28.3 Å². The number of pyridine rings is 2. The molecule has 0 N–H and O–H groups in total. The number of carbonyl (C=O) groups excluding carboxylic acids is 1. The molecule has 2 aromatic rings. The lowest BCUT2D eigenvalue weighted by Crippen LogP contribution is -2.22. The smallest absolute Gasteiger partial charge is 0.276 e. The maximum atomic E-state index is 12.3. The number of hydrogen-bond acceptors (Lipinski definition) is 5. The summed E-state index contributed by atoms with van der Waals surface area (Å²) in [4.78, 5) is 38.4. The van der Waals surface area contributed by atoms with E-state index in [9.17, 15) is 14.5 Å². The first-order chi connectivity index (χ1) is 9.86. The Morgan fingerprint density at radius 1 is 1.33 bits per heavy atom. The number of rotatable bonds is 3. The van der Waals surface area contributed by atoms with E-state index < -0.39 is 5.56 Å². The fraction of sp³-hybridized carbons (Fsp3) is 0.214. The van der Waals surface area contributed by atoms with Crippen LogP contribution in [-0.4, -0.2) is 15.3 Å². The van der Waals surface area contributed by atoms with Gasteiger partial charge in [0.1, 0.15) is 16.4 Å². The molecule has 21 heavy (non-hydrogen) atoms. The highest BCUT2D eigenvalue weighted by Gasteiger charge is 2.16. The number of carbonyl (C=O) groups is 1. The quantitative estimate of drug-likeness (QED) is 0.644. The number of nitroso groups, excluding NO2 is 1. The molecule has 7 heteroatoms. The highest BCUT2D eigenvalue weighted by molar-refractivity contribution is 6.32. The van der Waals surface area contributed by atoms with Gasteiger partial charge in [0.15, 0.2) is 5.78 Å². The van der Waals surface area contributed by atoms with Crippen LogP contribution in [-0.2, 0) is 0 Å². The lowest BCUT2D eigenvalue weighted by atomic mass is 10.1. The second kappa shape index (κ2) is 5.57. The van der Waals surface area contributed by atoms with Crippen LogP contribution in [0.2, 0.25) is 5.02 Å². The van der Waals surface area contributed by atoms with Crippen LogP contribution in [0.25, 0.3) is 5.69 Å². The second-order valence-corrected chi connectivity index (χ2v) is 5.01. The molecule has 0 bridgehead atoms. The zero-order chi connectivity index (χ0) is 15.7. The van der Waals surface area contributed by atoms with Crippen LogP contribution < -0.4 is 5.56 Å². The van der Waals surface area contributed by atoms with E-state index in [1.807, 2.05) is 0 Å². The van der Waals surface area contributed by atoms with Gasteiger partial charge < -0.3 is 0 Å². The summed E-state index contributed by atoms with van der Waals surface area (Å²) in [6.07, 6.45) is 1.51. The van der Waals surface area contributed by atoms with Gasteiger partial charge in [-0.2, -0.15) is 0 Å². The van der Waals surface area contributed by atoms with Crippen LogP contribution in [0.5, 0.6) is 0 Å². The van der Waals surface area contributed by atoms with Gasteiger partial charge in [0.25, 0.3) is 5.56 Å². The third-order valence-corrected chi connectivity index (χ3v) is 3.44. The van der Waals surface area contributed by atoms with Gasteiger partial charge in [-0.3, -0.25) is 19.1 Å². The Kier molecular flexibility index (Phi) is 3.99. The van der Waals surface area contributed by atoms with Crippen LogP contribution >= 0.6 is 11.6 Å². The monoisotopic (exact) mass is 305 g/mol. The molecule has 0 fully saturated rings. The Morgan fingerprint density at radius 2 is 2.00 bits per heavy atom. The Morgan fingerprint density at radius 3 is 2.57 bits per heavy atom. The summed E-state index contributed by atoms with van der Waals surface area (Å²) in [6.45, 7) is 4.81. The summed E-state index contributed by atoms with van der Waals surface area (Å²) in [6, 6.07) is 2.94. The predicted molar refractivity (Wildman–Crippen MR) is 79.8 cm³/mol. The summed E-state index contributed by atoms with van der Waals surface area (Å²) in [5, 5.41) is 2.48. The van der Waals surface area contributed by atoms with Crippen molar-refractivity contribution in [2.75, 3.05) is 0 Å². The number of Topliss-reactive ketones (excluding diaryl/α,β-unsaturated/α-hetero) is 1. The number of hydrogen-bond donors (Lipinski definition) is 0. The molecular formula is C14H12ClN3O3. The van der Waals surface area contributed by atoms with Gasteiger partial charge in [0, 0.05) is 18.8 Å². The number of nitrogens with zero attached hydrogens (tertiary/aromatic N) is 3. The highest BCUT2D eigenvalue weighted by Crippen LogP contribution is 2.24. The molecule has 0 atom stereocenters. The van der Waals surface area contributed by atoms with Gasteiger partial charge in [-0.15, -0.1) is 4.91 Å². The molecule has 6 nitrogen and oxygen atoms in total. The van der Waals surface area contributed by atoms with Crippen molar-refractivity contribution in [1.82, 2.24) is 9.55 Å². The van der Waals surface area contributed by atoms with Crippen molar-refractivity contribution in [3.8, 4) is 5.69 Å². The minimum atomic E-state index is -0.560. The molecule has 0 saturated carbocycles. The Hall–Kier alpha value is -2.34. The molecule has 0 aromatic carbocycles. The van der Waals surface area contributed by atoms with Gasteiger partial charge >= 0.3 is 0 Å². The summed E-state index contributed by atoms with van der Waals surface area (Å²) in [5.41, 5.74) is 1.27. The fourth-order valence-corrected chi connectivity index (χ4v) is 2.18. The number of aromatic nitrogens is 2. The molecule has 0 aliphatic carbocycles. The molecule has 2 heterocycles. The molecule has 0 aliphatic rings. The molecule has 0 saturated heterocycles. The second-order valence-electron chi connectivity index (χ2n) is 4.63. The number of aryl methyl sites for hydroxylation is 2. The Bertz CT molecular complexity index is 812. The first-order valence-electron chi connectivity index (χ1n) is 6.10. The Labute approximate surface area is 125 Å². The maximum Gasteiger partial charge on any atom is 0.276 e. The zero-order valence-corrected chi connectivity index (χ0v) is 12.4. The van der Waals surface area contributed by atoms with Crippen LogP contribution in [0, 0.1) is 18.8 Å². The summed E-state index contributed by atoms with van der Waals surface area (Å²) >= 11 is 5.87. The van der Waals surface area contributed by atoms with E-state index in [0.29, 0.717) is 16.9 Å². The van der Waals surface area contributed by atoms with E-state index in [1.54, 1.807) is 13.8 Å². The first kappa shape index (κ1) is 15.1. The van der Waals surface area contributed by atoms with Crippen LogP contribution in [0.4, 0.5) is 5.69 Å². The largest absolute Gasteiger partial charge is 0.293 e. The molecule has 108 valence electrons. The van der Waals surface area contributed by atoms with Crippen molar-refractivity contribution >= 4 is 23.1 Å². The van der Waals surface area contributed by atoms with E-state index >= 15 is 0 Å². The van der Waals surface area contributed by atoms with Crippen molar-refractivity contribution in [2.24, 2.45) is 5.18 Å². The molecular weight excluding hydrogens is 294 g/mol. The van der Waals surface area contributed by atoms with E-state index in [4.69, 9.17) is 11.6 Å². The van der Waals surface area contributed by atoms with E-state index in [0.717, 1.165) is 0 Å². The lowest BCUT2D eigenvalue weighted by molar-refractivity contribution is 0.101. The number of ketones is 1. The average Bonchev–Trinajstić information content (AvgIpc) is 2.44. The summed E-state index contributed by atoms with van der Waals surface area (Å²) in [5.74, 6) is -0.209. The van der Waals surface area contributed by atoms with E-state index in [-0.39, 0.29) is 22.2 Å². The topological polar surface area (TPSA) is 81.4 Å². The van der Waals surface area contributed by atoms with E-state index in [2.05, 4.69) is 10.2 Å². The minimum Gasteiger partial charge on any atom is -0.293 e. The Balaban J connectivity index is 2.82. The van der Waals surface area contributed by atoms with Crippen molar-refractivity contribution < 1.29 is 4.79 Å². The van der Waals surface area contributed by atoms with E-state index in [1.165, 1.54) is 29.8 Å². The van der Waals surface area contributed by atoms with Crippen molar-refractivity contribution in [1.29, 1.82) is 0 Å². The van der Waals surface area contributed by atoms with Gasteiger partial charge in [-0.05, 0) is 36.7 Å². The normalized spacial score (nSPS) is 10.5. The van der Waals surface area contributed by atoms with Gasteiger partial charge in [0.05, 0.1) is 5.69 Å². The zero-order valence-electron chi connectivity index (χ0n) is 11.7. The average molecular weight is 306 g/mol. The highest BCUT2D eigenvalue weighted by atomic mass is 35.5. The van der Waals surface area contributed by atoms with Crippen molar-refractivity contribution in [2.45, 2.75) is 20.8 Å². The molecule has 0 amide bonds. The lowest BCUT2D eigenvalue weighted by Gasteiger charge is -2.14. The van der Waals surface area contributed by atoms with Gasteiger partial charge in [-0.1, -0.05) is 11.6 Å². The third kappa shape index (κ3) is 2.62. The van der Waals surface area contributed by atoms with Gasteiger partial charge in [0.2, 0.25) is 0 Å². The molecule has 2 rings (SSSR count). The van der Waals surface area contributed by atoms with Crippen LogP contribution in [0.3, 0.4) is 0 Å². The summed E-state index contributed by atoms with van der Waals surface area (Å²) in [7, 11) is 0. The first-order valence-corrected chi connectivity index (χ1v) is 6.48. The number of halogens is 1. The molecule has 0 aliphatic heterocycles. The standard InChI is InChI=1S/C14H12ClN3O3/c1-7-6-16-10(9(3)19)5-12(7)18-8(2)4-11(17-21)13(15)14(18)20/h4-6H,1-3H3. The van der Waals surface area contributed by atoms with Crippen LogP contribution in [0.1, 0.15) is 28.7 Å². The van der Waals surface area contributed by atoms with Crippen molar-refractivity contribution in [3.05, 3.63) is 55.6 Å². The van der Waals surface area contributed by atoms with Gasteiger partial charge in [-0.25, -0.2) is 0 Å². The SMILES string of the molecule is CC(=O)c1cc(-n2c(C)cc(N=O)c(Cl)c2=O)c(C)cn1. The minimum absolute atomic E-state index is 0.103. The molecule has 2 aromatic heterocycles. The maximum absolute atomic E-state index is 12.3.